The lowest BCUT2D eigenvalue weighted by molar-refractivity contribution is 0.283. The van der Waals surface area contributed by atoms with E-state index in [1.54, 1.807) is 6.33 Å². The van der Waals surface area contributed by atoms with E-state index < -0.39 is 0 Å². The highest BCUT2D eigenvalue weighted by atomic mass is 16.3. The van der Waals surface area contributed by atoms with Crippen LogP contribution in [0.1, 0.15) is 25.2 Å². The van der Waals surface area contributed by atoms with E-state index in [2.05, 4.69) is 34.6 Å². The van der Waals surface area contributed by atoms with Crippen LogP contribution < -0.4 is 0 Å². The Morgan fingerprint density at radius 2 is 2.05 bits per heavy atom. The molecule has 3 rings (SSSR count). The third kappa shape index (κ3) is 2.69. The maximum atomic E-state index is 9.50. The summed E-state index contributed by atoms with van der Waals surface area (Å²) in [7, 11) is 0. The van der Waals surface area contributed by atoms with Crippen LogP contribution >= 0.6 is 0 Å². The van der Waals surface area contributed by atoms with Crippen molar-refractivity contribution in [3.63, 3.8) is 0 Å². The van der Waals surface area contributed by atoms with Crippen molar-refractivity contribution in [1.82, 2.24) is 19.3 Å². The first kappa shape index (κ1) is 13.8. The van der Waals surface area contributed by atoms with E-state index in [0.29, 0.717) is 12.5 Å². The molecule has 0 bridgehead atoms. The molecule has 0 aliphatic carbocycles. The van der Waals surface area contributed by atoms with Crippen molar-refractivity contribution >= 4 is 10.9 Å². The van der Waals surface area contributed by atoms with Crippen LogP contribution in [0.5, 0.6) is 0 Å². The normalized spacial score (nSPS) is 11.6. The highest BCUT2D eigenvalue weighted by molar-refractivity contribution is 5.83. The first-order chi connectivity index (χ1) is 10.2. The van der Waals surface area contributed by atoms with Gasteiger partial charge in [0.1, 0.15) is 12.2 Å². The lowest BCUT2D eigenvalue weighted by Gasteiger charge is -2.09. The molecule has 1 N–H and O–H groups in total. The minimum absolute atomic E-state index is 0.0478. The first-order valence-corrected chi connectivity index (χ1v) is 7.23. The molecule has 0 aliphatic heterocycles. The molecule has 0 amide bonds. The summed E-state index contributed by atoms with van der Waals surface area (Å²) in [6, 6.07) is 8.11. The maximum absolute atomic E-state index is 9.50. The van der Waals surface area contributed by atoms with Crippen LogP contribution in [0.2, 0.25) is 0 Å². The van der Waals surface area contributed by atoms with Gasteiger partial charge in [-0.1, -0.05) is 32.0 Å². The standard InChI is InChI=1S/C16H20N4O/c1-12(2)7-20-16(17-11-18-20)9-19-8-13(10-21)14-5-3-4-6-15(14)19/h3-6,8,11-12,21H,7,9-10H2,1-2H3. The van der Waals surface area contributed by atoms with Crippen molar-refractivity contribution in [3.05, 3.63) is 48.2 Å². The molecular formula is C16H20N4O. The van der Waals surface area contributed by atoms with E-state index in [4.69, 9.17) is 0 Å². The number of aliphatic hydroxyl groups excluding tert-OH is 1. The zero-order valence-corrected chi connectivity index (χ0v) is 12.4. The summed E-state index contributed by atoms with van der Waals surface area (Å²) in [4.78, 5) is 4.37. The van der Waals surface area contributed by atoms with Crippen LogP contribution in [0, 0.1) is 5.92 Å². The molecule has 3 aromatic rings. The van der Waals surface area contributed by atoms with Gasteiger partial charge in [-0.15, -0.1) is 0 Å². The van der Waals surface area contributed by atoms with Crippen molar-refractivity contribution in [1.29, 1.82) is 0 Å². The molecule has 2 heterocycles. The van der Waals surface area contributed by atoms with E-state index in [1.807, 2.05) is 29.1 Å². The fourth-order valence-corrected chi connectivity index (χ4v) is 2.64. The molecule has 0 saturated carbocycles. The van der Waals surface area contributed by atoms with Gasteiger partial charge in [-0.3, -0.25) is 0 Å². The minimum Gasteiger partial charge on any atom is -0.392 e. The van der Waals surface area contributed by atoms with Crippen LogP contribution in [-0.4, -0.2) is 24.4 Å². The molecule has 0 spiro atoms. The lowest BCUT2D eigenvalue weighted by Crippen LogP contribution is -2.13. The molecule has 5 heteroatoms. The van der Waals surface area contributed by atoms with E-state index >= 15 is 0 Å². The van der Waals surface area contributed by atoms with E-state index in [-0.39, 0.29) is 6.61 Å². The van der Waals surface area contributed by atoms with Gasteiger partial charge in [0.25, 0.3) is 0 Å². The SMILES string of the molecule is CC(C)Cn1ncnc1Cn1cc(CO)c2ccccc21. The molecule has 0 fully saturated rings. The molecular weight excluding hydrogens is 264 g/mol. The van der Waals surface area contributed by atoms with Gasteiger partial charge < -0.3 is 9.67 Å². The van der Waals surface area contributed by atoms with Crippen molar-refractivity contribution in [3.8, 4) is 0 Å². The summed E-state index contributed by atoms with van der Waals surface area (Å²) in [5, 5.41) is 14.9. The number of aromatic nitrogens is 4. The summed E-state index contributed by atoms with van der Waals surface area (Å²) >= 11 is 0. The lowest BCUT2D eigenvalue weighted by atomic mass is 10.2. The Labute approximate surface area is 123 Å². The highest BCUT2D eigenvalue weighted by Gasteiger charge is 2.11. The van der Waals surface area contributed by atoms with Gasteiger partial charge in [0.05, 0.1) is 13.2 Å². The monoisotopic (exact) mass is 284 g/mol. The predicted molar refractivity (Wildman–Crippen MR) is 81.8 cm³/mol. The average molecular weight is 284 g/mol. The smallest absolute Gasteiger partial charge is 0.146 e. The molecule has 1 aromatic carbocycles. The van der Waals surface area contributed by atoms with Crippen molar-refractivity contribution in [2.45, 2.75) is 33.5 Å². The molecule has 0 radical (unpaired) electrons. The van der Waals surface area contributed by atoms with Crippen molar-refractivity contribution in [2.24, 2.45) is 5.92 Å². The fraction of sp³-hybridized carbons (Fsp3) is 0.375. The maximum Gasteiger partial charge on any atom is 0.146 e. The van der Waals surface area contributed by atoms with Gasteiger partial charge in [0.2, 0.25) is 0 Å². The Morgan fingerprint density at radius 1 is 1.24 bits per heavy atom. The summed E-state index contributed by atoms with van der Waals surface area (Å²) in [5.74, 6) is 1.47. The van der Waals surface area contributed by atoms with Gasteiger partial charge in [0, 0.05) is 29.2 Å². The summed E-state index contributed by atoms with van der Waals surface area (Å²) in [5.41, 5.74) is 2.06. The van der Waals surface area contributed by atoms with Crippen LogP contribution in [-0.2, 0) is 19.7 Å². The number of nitrogens with zero attached hydrogens (tertiary/aromatic N) is 4. The zero-order chi connectivity index (χ0) is 14.8. The number of hydrogen-bond acceptors (Lipinski definition) is 3. The Kier molecular flexibility index (Phi) is 3.75. The molecule has 0 unspecified atom stereocenters. The fourth-order valence-electron chi connectivity index (χ4n) is 2.64. The minimum atomic E-state index is 0.0478. The van der Waals surface area contributed by atoms with Crippen LogP contribution in [0.15, 0.2) is 36.8 Å². The van der Waals surface area contributed by atoms with Crippen LogP contribution in [0.4, 0.5) is 0 Å². The number of benzene rings is 1. The van der Waals surface area contributed by atoms with Gasteiger partial charge in [-0.05, 0) is 12.0 Å². The molecule has 0 atom stereocenters. The third-order valence-electron chi connectivity index (χ3n) is 3.59. The predicted octanol–water partition coefficient (Wildman–Crippen LogP) is 2.43. The van der Waals surface area contributed by atoms with Crippen molar-refractivity contribution < 1.29 is 5.11 Å². The van der Waals surface area contributed by atoms with Crippen LogP contribution in [0.25, 0.3) is 10.9 Å². The Morgan fingerprint density at radius 3 is 2.81 bits per heavy atom. The zero-order valence-electron chi connectivity index (χ0n) is 12.4. The number of fused-ring (bicyclic) bond motifs is 1. The number of para-hydroxylation sites is 1. The number of aliphatic hydroxyl groups is 1. The second-order valence-corrected chi connectivity index (χ2v) is 5.71. The quantitative estimate of drug-likeness (QED) is 0.783. The van der Waals surface area contributed by atoms with Crippen LogP contribution in [0.3, 0.4) is 0 Å². The molecule has 21 heavy (non-hydrogen) atoms. The molecule has 2 aromatic heterocycles. The summed E-state index contributed by atoms with van der Waals surface area (Å²) < 4.78 is 4.08. The van der Waals surface area contributed by atoms with E-state index in [9.17, 15) is 5.11 Å². The molecule has 0 saturated heterocycles. The third-order valence-corrected chi connectivity index (χ3v) is 3.59. The number of rotatable bonds is 5. The van der Waals surface area contributed by atoms with E-state index in [0.717, 1.165) is 28.8 Å². The first-order valence-electron chi connectivity index (χ1n) is 7.23. The largest absolute Gasteiger partial charge is 0.392 e. The summed E-state index contributed by atoms with van der Waals surface area (Å²) in [6.07, 6.45) is 3.61. The van der Waals surface area contributed by atoms with Gasteiger partial charge in [0.15, 0.2) is 0 Å². The second-order valence-electron chi connectivity index (χ2n) is 5.71. The van der Waals surface area contributed by atoms with E-state index in [1.165, 1.54) is 0 Å². The highest BCUT2D eigenvalue weighted by Crippen LogP contribution is 2.22. The Balaban J connectivity index is 1.97. The molecule has 0 aliphatic rings. The summed E-state index contributed by atoms with van der Waals surface area (Å²) in [6.45, 7) is 5.90. The molecule has 5 nitrogen and oxygen atoms in total. The Hall–Kier alpha value is -2.14. The topological polar surface area (TPSA) is 55.9 Å². The average Bonchev–Trinajstić information content (AvgIpc) is 3.04. The van der Waals surface area contributed by atoms with Gasteiger partial charge in [-0.2, -0.15) is 5.10 Å². The van der Waals surface area contributed by atoms with Crippen molar-refractivity contribution in [2.75, 3.05) is 0 Å². The van der Waals surface area contributed by atoms with Gasteiger partial charge >= 0.3 is 0 Å². The van der Waals surface area contributed by atoms with Gasteiger partial charge in [-0.25, -0.2) is 9.67 Å². The molecule has 110 valence electrons. The number of hydrogen-bond donors (Lipinski definition) is 1. The second kappa shape index (κ2) is 5.69. The Bertz CT molecular complexity index is 742.